The molecule has 0 spiro atoms. The Hall–Kier alpha value is -2.22. The van der Waals surface area contributed by atoms with E-state index in [0.717, 1.165) is 10.6 Å². The molecule has 1 amide bonds. The first-order valence-corrected chi connectivity index (χ1v) is 6.72. The van der Waals surface area contributed by atoms with Gasteiger partial charge in [0.1, 0.15) is 6.04 Å². The maximum atomic E-state index is 12.0. The maximum absolute atomic E-state index is 12.0. The summed E-state index contributed by atoms with van der Waals surface area (Å²) >= 11 is 1.39. The molecule has 2 rings (SSSR count). The van der Waals surface area contributed by atoms with Crippen molar-refractivity contribution >= 4 is 28.3 Å². The van der Waals surface area contributed by atoms with Crippen LogP contribution < -0.4 is 5.32 Å². The molecule has 0 bridgehead atoms. The molecule has 2 aromatic rings. The van der Waals surface area contributed by atoms with Gasteiger partial charge in [0.15, 0.2) is 5.13 Å². The van der Waals surface area contributed by atoms with Crippen LogP contribution in [-0.2, 0) is 4.79 Å². The summed E-state index contributed by atoms with van der Waals surface area (Å²) in [5.74, 6) is -1.37. The maximum Gasteiger partial charge on any atom is 0.328 e. The monoisotopic (exact) mass is 294 g/mol. The number of aryl methyl sites for hydroxylation is 2. The molecule has 0 aromatic carbocycles. The van der Waals surface area contributed by atoms with Crippen molar-refractivity contribution in [2.75, 3.05) is 5.32 Å². The van der Waals surface area contributed by atoms with Crippen molar-refractivity contribution in [1.29, 1.82) is 0 Å². The third-order valence-electron chi connectivity index (χ3n) is 2.87. The van der Waals surface area contributed by atoms with Crippen LogP contribution in [0.3, 0.4) is 0 Å². The van der Waals surface area contributed by atoms with Crippen molar-refractivity contribution in [2.24, 2.45) is 0 Å². The molecule has 7 nitrogen and oxygen atoms in total. The minimum absolute atomic E-state index is 0.295. The molecule has 0 aliphatic rings. The van der Waals surface area contributed by atoms with Crippen LogP contribution in [0.25, 0.3) is 0 Å². The number of nitrogens with one attached hydrogen (secondary N) is 1. The van der Waals surface area contributed by atoms with Gasteiger partial charge in [-0.15, -0.1) is 11.3 Å². The van der Waals surface area contributed by atoms with Crippen molar-refractivity contribution in [3.05, 3.63) is 28.5 Å². The van der Waals surface area contributed by atoms with Crippen LogP contribution in [-0.4, -0.2) is 31.7 Å². The number of carboxylic acids is 1. The molecule has 0 saturated carbocycles. The normalized spacial score (nSPS) is 12.2. The lowest BCUT2D eigenvalue weighted by Crippen LogP contribution is -2.16. The Morgan fingerprint density at radius 1 is 1.45 bits per heavy atom. The molecular weight excluding hydrogens is 280 g/mol. The highest BCUT2D eigenvalue weighted by Crippen LogP contribution is 2.21. The number of aromatic nitrogens is 3. The van der Waals surface area contributed by atoms with Gasteiger partial charge in [-0.05, 0) is 20.8 Å². The summed E-state index contributed by atoms with van der Waals surface area (Å²) in [6.07, 6.45) is 2.74. The molecule has 0 fully saturated rings. The van der Waals surface area contributed by atoms with Crippen LogP contribution in [0.4, 0.5) is 5.13 Å². The Labute approximate surface area is 119 Å². The van der Waals surface area contributed by atoms with E-state index in [4.69, 9.17) is 5.11 Å². The number of thiazole rings is 1. The lowest BCUT2D eigenvalue weighted by molar-refractivity contribution is -0.140. The number of carbonyl (C=O) groups excluding carboxylic acids is 1. The molecule has 2 N–H and O–H groups in total. The number of rotatable bonds is 4. The molecule has 1 unspecified atom stereocenters. The van der Waals surface area contributed by atoms with E-state index in [1.165, 1.54) is 35.3 Å². The van der Waals surface area contributed by atoms with Crippen LogP contribution in [0.2, 0.25) is 0 Å². The predicted octanol–water partition coefficient (Wildman–Crippen LogP) is 1.85. The first kappa shape index (κ1) is 14.2. The van der Waals surface area contributed by atoms with Crippen LogP contribution in [0.5, 0.6) is 0 Å². The van der Waals surface area contributed by atoms with Crippen molar-refractivity contribution in [3.63, 3.8) is 0 Å². The van der Waals surface area contributed by atoms with E-state index in [9.17, 15) is 9.59 Å². The molecule has 106 valence electrons. The molecule has 20 heavy (non-hydrogen) atoms. The Morgan fingerprint density at radius 2 is 2.15 bits per heavy atom. The number of carboxylic acid groups (broad SMARTS) is 1. The van der Waals surface area contributed by atoms with Crippen molar-refractivity contribution in [2.45, 2.75) is 26.8 Å². The average molecular weight is 294 g/mol. The van der Waals surface area contributed by atoms with Gasteiger partial charge in [0.2, 0.25) is 0 Å². The minimum Gasteiger partial charge on any atom is -0.480 e. The van der Waals surface area contributed by atoms with E-state index >= 15 is 0 Å². The molecule has 2 heterocycles. The lowest BCUT2D eigenvalue weighted by Gasteiger charge is -2.05. The van der Waals surface area contributed by atoms with Gasteiger partial charge in [0.05, 0.1) is 17.5 Å². The van der Waals surface area contributed by atoms with Crippen molar-refractivity contribution < 1.29 is 14.7 Å². The molecule has 2 aromatic heterocycles. The second-order valence-electron chi connectivity index (χ2n) is 4.34. The number of anilines is 1. The quantitative estimate of drug-likeness (QED) is 0.897. The number of hydrogen-bond acceptors (Lipinski definition) is 5. The summed E-state index contributed by atoms with van der Waals surface area (Å²) in [4.78, 5) is 28.1. The minimum atomic E-state index is -1.01. The molecule has 0 aliphatic heterocycles. The number of amides is 1. The number of nitrogens with zero attached hydrogens (tertiary/aromatic N) is 3. The summed E-state index contributed by atoms with van der Waals surface area (Å²) in [6.45, 7) is 5.29. The number of aliphatic carboxylic acids is 1. The first-order valence-electron chi connectivity index (χ1n) is 5.91. The van der Waals surface area contributed by atoms with E-state index in [1.54, 1.807) is 0 Å². The van der Waals surface area contributed by atoms with Gasteiger partial charge >= 0.3 is 5.97 Å². The van der Waals surface area contributed by atoms with E-state index in [2.05, 4.69) is 15.4 Å². The van der Waals surface area contributed by atoms with Gasteiger partial charge in [-0.1, -0.05) is 0 Å². The fourth-order valence-electron chi connectivity index (χ4n) is 1.48. The SMILES string of the molecule is Cc1nc(NC(=O)c2cnn(C(C)C(=O)O)c2)sc1C. The Bertz CT molecular complexity index is 642. The standard InChI is InChI=1S/C12H14N4O3S/c1-6-8(3)20-12(14-6)15-10(17)9-4-13-16(5-9)7(2)11(18)19/h4-5,7H,1-3H3,(H,18,19)(H,14,15,17). The highest BCUT2D eigenvalue weighted by molar-refractivity contribution is 7.15. The number of hydrogen-bond donors (Lipinski definition) is 2. The smallest absolute Gasteiger partial charge is 0.328 e. The predicted molar refractivity (Wildman–Crippen MR) is 74.1 cm³/mol. The van der Waals surface area contributed by atoms with E-state index < -0.39 is 12.0 Å². The molecular formula is C12H14N4O3S. The summed E-state index contributed by atoms with van der Waals surface area (Å²) < 4.78 is 1.23. The van der Waals surface area contributed by atoms with Crippen LogP contribution in [0, 0.1) is 13.8 Å². The van der Waals surface area contributed by atoms with Gasteiger partial charge in [-0.3, -0.25) is 14.8 Å². The van der Waals surface area contributed by atoms with Gasteiger partial charge in [-0.2, -0.15) is 5.10 Å². The molecule has 0 saturated heterocycles. The zero-order valence-electron chi connectivity index (χ0n) is 11.2. The van der Waals surface area contributed by atoms with Gasteiger partial charge in [0, 0.05) is 11.1 Å². The number of carbonyl (C=O) groups is 2. The fourth-order valence-corrected chi connectivity index (χ4v) is 2.29. The molecule has 8 heteroatoms. The summed E-state index contributed by atoms with van der Waals surface area (Å²) in [5.41, 5.74) is 1.17. The lowest BCUT2D eigenvalue weighted by atomic mass is 10.3. The first-order chi connectivity index (χ1) is 9.38. The van der Waals surface area contributed by atoms with Crippen molar-refractivity contribution in [1.82, 2.24) is 14.8 Å². The van der Waals surface area contributed by atoms with Crippen LogP contribution >= 0.6 is 11.3 Å². The summed E-state index contributed by atoms with van der Waals surface area (Å²) in [5, 5.41) is 15.9. The second kappa shape index (κ2) is 5.41. The molecule has 0 radical (unpaired) electrons. The Balaban J connectivity index is 2.12. The third-order valence-corrected chi connectivity index (χ3v) is 3.86. The largest absolute Gasteiger partial charge is 0.480 e. The fraction of sp³-hybridized carbons (Fsp3) is 0.333. The summed E-state index contributed by atoms with van der Waals surface area (Å²) in [7, 11) is 0. The average Bonchev–Trinajstić information content (AvgIpc) is 2.96. The zero-order chi connectivity index (χ0) is 14.9. The van der Waals surface area contributed by atoms with E-state index in [1.807, 2.05) is 13.8 Å². The second-order valence-corrected chi connectivity index (χ2v) is 5.54. The zero-order valence-corrected chi connectivity index (χ0v) is 12.1. The van der Waals surface area contributed by atoms with E-state index in [0.29, 0.717) is 10.7 Å². The van der Waals surface area contributed by atoms with Crippen LogP contribution in [0.1, 0.15) is 33.9 Å². The topological polar surface area (TPSA) is 97.1 Å². The van der Waals surface area contributed by atoms with Gasteiger partial charge < -0.3 is 5.11 Å². The van der Waals surface area contributed by atoms with Crippen LogP contribution in [0.15, 0.2) is 12.4 Å². The molecule has 0 aliphatic carbocycles. The Morgan fingerprint density at radius 3 is 2.70 bits per heavy atom. The van der Waals surface area contributed by atoms with Crippen molar-refractivity contribution in [3.8, 4) is 0 Å². The van der Waals surface area contributed by atoms with E-state index in [-0.39, 0.29) is 5.91 Å². The highest BCUT2D eigenvalue weighted by atomic mass is 32.1. The third kappa shape index (κ3) is 2.85. The Kier molecular flexibility index (Phi) is 3.84. The van der Waals surface area contributed by atoms with Gasteiger partial charge in [-0.25, -0.2) is 9.78 Å². The highest BCUT2D eigenvalue weighted by Gasteiger charge is 2.17. The van der Waals surface area contributed by atoms with Gasteiger partial charge in [0.25, 0.3) is 5.91 Å². The molecule has 1 atom stereocenters. The summed E-state index contributed by atoms with van der Waals surface area (Å²) in [6, 6.07) is -0.819.